The maximum absolute atomic E-state index is 7.09. The van der Waals surface area contributed by atoms with E-state index in [0.717, 1.165) is 100 Å². The molecule has 1 aliphatic carbocycles. The number of hydrogen-bond acceptors (Lipinski definition) is 2. The summed E-state index contributed by atoms with van der Waals surface area (Å²) in [6, 6.07) is 34.5. The van der Waals surface area contributed by atoms with Crippen LogP contribution in [0.4, 0.5) is 0 Å². The lowest BCUT2D eigenvalue weighted by Crippen LogP contribution is -1.91. The van der Waals surface area contributed by atoms with Gasteiger partial charge in [0.1, 0.15) is 11.2 Å². The number of aromatic nitrogens is 4. The summed E-state index contributed by atoms with van der Waals surface area (Å²) >= 11 is 0. The number of allylic oxidation sites excluding steroid dienone is 3. The first-order valence-corrected chi connectivity index (χ1v) is 20.0. The van der Waals surface area contributed by atoms with Crippen LogP contribution in [0.5, 0.6) is 0 Å². The van der Waals surface area contributed by atoms with Crippen LogP contribution in [0.15, 0.2) is 131 Å². The lowest BCUT2D eigenvalue weighted by atomic mass is 9.93. The second-order valence-electron chi connectivity index (χ2n) is 15.8. The van der Waals surface area contributed by atoms with E-state index in [1.54, 1.807) is 0 Å². The number of aryl methyl sites for hydroxylation is 6. The number of hydrogen-bond donors (Lipinski definition) is 3. The summed E-state index contributed by atoms with van der Waals surface area (Å²) in [4.78, 5) is 16.6. The quantitative estimate of drug-likeness (QED) is 0.124. The first-order valence-electron chi connectivity index (χ1n) is 20.0. The Bertz CT molecular complexity index is 3400. The van der Waals surface area contributed by atoms with Gasteiger partial charge in [-0.2, -0.15) is 0 Å². The average molecular weight is 763 g/mol. The number of rotatable bonds is 3. The molecular formula is C54H42N4O. The Morgan fingerprint density at radius 2 is 1.02 bits per heavy atom. The molecule has 3 aromatic carbocycles. The maximum atomic E-state index is 7.09. The Kier molecular flexibility index (Phi) is 8.60. The van der Waals surface area contributed by atoms with Crippen LogP contribution in [0.25, 0.3) is 89.8 Å². The molecule has 0 unspecified atom stereocenters. The second kappa shape index (κ2) is 14.1. The van der Waals surface area contributed by atoms with Crippen LogP contribution in [0, 0.1) is 53.4 Å². The van der Waals surface area contributed by atoms with Crippen LogP contribution < -0.4 is 0 Å². The molecule has 2 aliphatic rings. The Hall–Kier alpha value is -7.51. The minimum absolute atomic E-state index is 0.788. The molecule has 284 valence electrons. The van der Waals surface area contributed by atoms with Gasteiger partial charge < -0.3 is 19.4 Å². The molecule has 0 atom stereocenters. The molecule has 59 heavy (non-hydrogen) atoms. The van der Waals surface area contributed by atoms with Gasteiger partial charge in [0.25, 0.3) is 0 Å². The van der Waals surface area contributed by atoms with E-state index in [4.69, 9.17) is 9.40 Å². The fourth-order valence-corrected chi connectivity index (χ4v) is 9.02. The van der Waals surface area contributed by atoms with E-state index >= 15 is 0 Å². The summed E-state index contributed by atoms with van der Waals surface area (Å²) in [7, 11) is 0. The van der Waals surface area contributed by atoms with Gasteiger partial charge in [-0.1, -0.05) is 65.4 Å². The molecule has 1 aliphatic heterocycles. The van der Waals surface area contributed by atoms with Gasteiger partial charge in [-0.25, -0.2) is 4.98 Å². The summed E-state index contributed by atoms with van der Waals surface area (Å²) in [6.45, 7) is 13.1. The number of nitrogens with one attached hydrogen (secondary N) is 3. The highest BCUT2D eigenvalue weighted by molar-refractivity contribution is 6.00. The van der Waals surface area contributed by atoms with Crippen molar-refractivity contribution in [3.63, 3.8) is 0 Å². The fraction of sp³-hybridized carbons (Fsp3) is 0.111. The summed E-state index contributed by atoms with van der Waals surface area (Å²) in [5.74, 6) is 6.60. The van der Waals surface area contributed by atoms with Crippen molar-refractivity contribution in [2.24, 2.45) is 0 Å². The molecule has 0 amide bonds. The maximum Gasteiger partial charge on any atom is 0.137 e. The predicted octanol–water partition coefficient (Wildman–Crippen LogP) is 13.9. The molecule has 6 heterocycles. The van der Waals surface area contributed by atoms with E-state index in [0.29, 0.717) is 0 Å². The zero-order valence-electron chi connectivity index (χ0n) is 34.0. The third kappa shape index (κ3) is 6.47. The second-order valence-corrected chi connectivity index (χ2v) is 15.8. The molecule has 5 nitrogen and oxygen atoms in total. The van der Waals surface area contributed by atoms with Gasteiger partial charge >= 0.3 is 0 Å². The molecule has 8 aromatic rings. The van der Waals surface area contributed by atoms with Crippen molar-refractivity contribution in [1.29, 1.82) is 0 Å². The molecule has 0 saturated heterocycles. The Balaban J connectivity index is 1.33. The van der Waals surface area contributed by atoms with Gasteiger partial charge in [0.15, 0.2) is 0 Å². The van der Waals surface area contributed by atoms with E-state index < -0.39 is 0 Å². The van der Waals surface area contributed by atoms with Crippen LogP contribution in [-0.2, 0) is 0 Å². The van der Waals surface area contributed by atoms with Crippen LogP contribution >= 0.6 is 0 Å². The summed E-state index contributed by atoms with van der Waals surface area (Å²) in [5, 5.41) is 0. The Morgan fingerprint density at radius 1 is 0.492 bits per heavy atom. The third-order valence-corrected chi connectivity index (χ3v) is 11.4. The normalized spacial score (nSPS) is 12.4. The first-order chi connectivity index (χ1) is 28.7. The topological polar surface area (TPSA) is 73.4 Å². The predicted molar refractivity (Wildman–Crippen MR) is 246 cm³/mol. The molecule has 10 rings (SSSR count). The van der Waals surface area contributed by atoms with E-state index in [9.17, 15) is 0 Å². The highest BCUT2D eigenvalue weighted by Gasteiger charge is 2.19. The highest BCUT2D eigenvalue weighted by Crippen LogP contribution is 2.40. The number of nitrogens with zero attached hydrogens (tertiary/aromatic N) is 1. The van der Waals surface area contributed by atoms with Crippen molar-refractivity contribution in [1.82, 2.24) is 19.9 Å². The van der Waals surface area contributed by atoms with Crippen LogP contribution in [0.3, 0.4) is 0 Å². The molecule has 5 heteroatoms. The van der Waals surface area contributed by atoms with Crippen molar-refractivity contribution in [3.05, 3.63) is 177 Å². The van der Waals surface area contributed by atoms with Crippen LogP contribution in [0.2, 0.25) is 0 Å². The van der Waals surface area contributed by atoms with Gasteiger partial charge in [0.2, 0.25) is 0 Å². The van der Waals surface area contributed by atoms with Gasteiger partial charge in [-0.05, 0) is 165 Å². The van der Waals surface area contributed by atoms with Crippen LogP contribution in [-0.4, -0.2) is 19.9 Å². The lowest BCUT2D eigenvalue weighted by Gasteiger charge is -2.13. The average Bonchev–Trinajstić information content (AvgIpc) is 4.06. The number of benzene rings is 3. The Morgan fingerprint density at radius 3 is 1.59 bits per heavy atom. The smallest absolute Gasteiger partial charge is 0.137 e. The zero-order chi connectivity index (χ0) is 40.4. The van der Waals surface area contributed by atoms with Crippen molar-refractivity contribution < 1.29 is 4.42 Å². The molecule has 3 N–H and O–H groups in total. The van der Waals surface area contributed by atoms with Crippen molar-refractivity contribution in [2.45, 2.75) is 41.5 Å². The number of H-pyrrole nitrogens is 3. The summed E-state index contributed by atoms with van der Waals surface area (Å²) < 4.78 is 7.09. The molecule has 10 bridgehead atoms. The molecule has 0 radical (unpaired) electrons. The number of furan rings is 1. The molecule has 0 fully saturated rings. The lowest BCUT2D eigenvalue weighted by molar-refractivity contribution is 0.668. The molecule has 5 aromatic heterocycles. The zero-order valence-corrected chi connectivity index (χ0v) is 34.0. The van der Waals surface area contributed by atoms with Crippen LogP contribution in [0.1, 0.15) is 50.3 Å². The molecule has 0 spiro atoms. The van der Waals surface area contributed by atoms with E-state index in [2.05, 4.69) is 177 Å². The SMILES string of the molecule is Cc1cc(C)c(-c2c3ccc([nH]3)c3nc(c(-c4cccc(C#CC5=C=CC=C5)c4)c4ccc([nH]4)c4ccc([nH]4)c(-c4c(C)cc(C)cc4C)c4ccc2o4)C=C3)c(C)c1. The molecule has 0 saturated carbocycles. The number of aromatic amines is 3. The van der Waals surface area contributed by atoms with Crippen molar-refractivity contribution in [2.75, 3.05) is 0 Å². The summed E-state index contributed by atoms with van der Waals surface area (Å²) in [6.07, 6.45) is 10.0. The number of fused-ring (bicyclic) bond motifs is 12. The largest absolute Gasteiger partial charge is 0.456 e. The minimum Gasteiger partial charge on any atom is -0.456 e. The highest BCUT2D eigenvalue weighted by atomic mass is 16.3. The first kappa shape index (κ1) is 35.9. The van der Waals surface area contributed by atoms with Crippen molar-refractivity contribution >= 4 is 56.4 Å². The fourth-order valence-electron chi connectivity index (χ4n) is 9.02. The standard InChI is InChI=1S/C54H42N4O/c1-31-26-33(3)50(34(4)27-31)53-46-22-18-42(57-46)40-16-20-44(55-40)52(39-13-9-12-38(30-39)15-14-37-10-7-8-11-37)45-21-17-41(56-45)43-19-23-47(58-43)54(49-25-24-48(53)59-49)51-35(5)28-32(2)29-36(51)6/h7-10,12-13,16-30,55,57-58H,1-6H3. The third-order valence-electron chi connectivity index (χ3n) is 11.4. The molecular weight excluding hydrogens is 721 g/mol. The van der Waals surface area contributed by atoms with E-state index in [1.807, 2.05) is 24.3 Å². The van der Waals surface area contributed by atoms with Gasteiger partial charge in [0.05, 0.1) is 44.5 Å². The van der Waals surface area contributed by atoms with Gasteiger partial charge in [-0.15, -0.1) is 5.73 Å². The minimum atomic E-state index is 0.788. The van der Waals surface area contributed by atoms with E-state index in [-0.39, 0.29) is 0 Å². The monoisotopic (exact) mass is 762 g/mol. The van der Waals surface area contributed by atoms with Gasteiger partial charge in [-0.3, -0.25) is 0 Å². The van der Waals surface area contributed by atoms with E-state index in [1.165, 1.54) is 33.4 Å². The van der Waals surface area contributed by atoms with Gasteiger partial charge in [0, 0.05) is 27.8 Å². The van der Waals surface area contributed by atoms with Crippen molar-refractivity contribution in [3.8, 4) is 45.2 Å². The Labute approximate surface area is 343 Å². The summed E-state index contributed by atoms with van der Waals surface area (Å²) in [5.41, 5.74) is 27.6.